The van der Waals surface area contributed by atoms with Gasteiger partial charge in [-0.1, -0.05) is 30.0 Å². The Morgan fingerprint density at radius 2 is 1.85 bits per heavy atom. The Labute approximate surface area is 218 Å². The number of hydrogen-bond acceptors (Lipinski definition) is 9. The third-order valence-corrected chi connectivity index (χ3v) is 6.05. The molecular formula is C23H22Cl2N4O3S2. The van der Waals surface area contributed by atoms with E-state index in [0.717, 1.165) is 15.5 Å². The third-order valence-electron chi connectivity index (χ3n) is 4.27. The van der Waals surface area contributed by atoms with Gasteiger partial charge >= 0.3 is 5.97 Å². The van der Waals surface area contributed by atoms with E-state index in [2.05, 4.69) is 25.0 Å². The topological polar surface area (TPSA) is 86.2 Å². The smallest absolute Gasteiger partial charge is 0.305 e. The number of nitrogens with zero attached hydrogens (tertiary/aromatic N) is 3. The van der Waals surface area contributed by atoms with Crippen LogP contribution in [0.4, 0.5) is 10.9 Å². The highest BCUT2D eigenvalue weighted by atomic mass is 35.5. The second-order valence-electron chi connectivity index (χ2n) is 6.56. The van der Waals surface area contributed by atoms with E-state index >= 15 is 0 Å². The quantitative estimate of drug-likeness (QED) is 0.240. The first kappa shape index (κ1) is 27.4. The summed E-state index contributed by atoms with van der Waals surface area (Å²) in [7, 11) is 1.38. The minimum atomic E-state index is -0.255. The minimum absolute atomic E-state index is 0. The van der Waals surface area contributed by atoms with Gasteiger partial charge in [0.25, 0.3) is 0 Å². The highest BCUT2D eigenvalue weighted by molar-refractivity contribution is 7.99. The maximum absolute atomic E-state index is 11.4. The van der Waals surface area contributed by atoms with Crippen molar-refractivity contribution in [2.75, 3.05) is 12.4 Å². The van der Waals surface area contributed by atoms with Crippen LogP contribution in [0.2, 0.25) is 0 Å². The normalized spacial score (nSPS) is 9.91. The molecule has 0 aliphatic heterocycles. The van der Waals surface area contributed by atoms with Gasteiger partial charge in [-0.15, -0.1) is 36.2 Å². The number of pyridine rings is 2. The monoisotopic (exact) mass is 536 g/mol. The molecule has 0 bridgehead atoms. The molecule has 0 aliphatic rings. The van der Waals surface area contributed by atoms with E-state index in [1.165, 1.54) is 18.4 Å². The fraction of sp³-hybridized carbons (Fsp3) is 0.130. The number of para-hydroxylation sites is 1. The molecule has 11 heteroatoms. The highest BCUT2D eigenvalue weighted by Gasteiger charge is 2.13. The van der Waals surface area contributed by atoms with Crippen molar-refractivity contribution in [3.05, 3.63) is 78.2 Å². The summed E-state index contributed by atoms with van der Waals surface area (Å²) in [6.07, 6.45) is 6.12. The van der Waals surface area contributed by atoms with Gasteiger partial charge in [0.15, 0.2) is 16.7 Å². The number of aryl methyl sites for hydroxylation is 1. The molecule has 3 aromatic heterocycles. The fourth-order valence-corrected chi connectivity index (χ4v) is 4.27. The lowest BCUT2D eigenvalue weighted by Gasteiger charge is -2.12. The predicted octanol–water partition coefficient (Wildman–Crippen LogP) is 6.57. The van der Waals surface area contributed by atoms with Gasteiger partial charge in [0, 0.05) is 46.2 Å². The van der Waals surface area contributed by atoms with Crippen molar-refractivity contribution in [3.8, 4) is 11.5 Å². The van der Waals surface area contributed by atoms with Crippen molar-refractivity contribution in [2.24, 2.45) is 0 Å². The lowest BCUT2D eigenvalue weighted by Crippen LogP contribution is -2.02. The summed E-state index contributed by atoms with van der Waals surface area (Å²) in [6, 6.07) is 15.4. The first-order chi connectivity index (χ1) is 15.7. The van der Waals surface area contributed by atoms with Crippen LogP contribution in [0.3, 0.4) is 0 Å². The molecule has 0 spiro atoms. The van der Waals surface area contributed by atoms with Gasteiger partial charge in [-0.3, -0.25) is 9.78 Å². The summed E-state index contributed by atoms with van der Waals surface area (Å²) in [5.41, 5.74) is 0.818. The number of anilines is 2. The average molecular weight is 537 g/mol. The number of methoxy groups -OCH3 is 1. The summed E-state index contributed by atoms with van der Waals surface area (Å²) in [6.45, 7) is 0. The zero-order valence-corrected chi connectivity index (χ0v) is 21.3. The Bertz CT molecular complexity index is 1180. The molecule has 0 fully saturated rings. The summed E-state index contributed by atoms with van der Waals surface area (Å²) >= 11 is 3.02. The van der Waals surface area contributed by atoms with Gasteiger partial charge in [0.1, 0.15) is 5.75 Å². The maximum Gasteiger partial charge on any atom is 0.305 e. The predicted molar refractivity (Wildman–Crippen MR) is 139 cm³/mol. The Kier molecular flexibility index (Phi) is 11.1. The van der Waals surface area contributed by atoms with E-state index in [9.17, 15) is 4.79 Å². The summed E-state index contributed by atoms with van der Waals surface area (Å²) < 4.78 is 10.8. The molecule has 1 N–H and O–H groups in total. The zero-order valence-electron chi connectivity index (χ0n) is 18.0. The molecule has 0 unspecified atom stereocenters. The molecule has 4 aromatic rings. The molecule has 1 aromatic carbocycles. The number of esters is 1. The SMILES string of the molecule is COC(=O)CCc1csc(Nc2ncc(Sc3ccncc3)cc2Oc2ccccc2)n1.Cl.Cl. The van der Waals surface area contributed by atoms with Crippen LogP contribution in [0.15, 0.2) is 82.3 Å². The largest absolute Gasteiger partial charge is 0.469 e. The van der Waals surface area contributed by atoms with Gasteiger partial charge in [0.2, 0.25) is 0 Å². The van der Waals surface area contributed by atoms with Crippen LogP contribution >= 0.6 is 47.9 Å². The average Bonchev–Trinajstić information content (AvgIpc) is 3.28. The lowest BCUT2D eigenvalue weighted by atomic mass is 10.2. The standard InChI is InChI=1S/C23H20N4O3S2.2ClH/c1-29-21(28)8-7-16-15-31-23(26-16)27-22-20(30-17-5-3-2-4-6-17)13-19(14-25-22)32-18-9-11-24-12-10-18;;/h2-6,9-15H,7-8H2,1H3,(H,25,26,27);2*1H. The van der Waals surface area contributed by atoms with E-state index in [1.807, 2.05) is 53.9 Å². The van der Waals surface area contributed by atoms with Crippen LogP contribution in [-0.2, 0) is 16.0 Å². The number of hydrogen-bond donors (Lipinski definition) is 1. The lowest BCUT2D eigenvalue weighted by molar-refractivity contribution is -0.140. The number of ether oxygens (including phenoxy) is 2. The van der Waals surface area contributed by atoms with Gasteiger partial charge < -0.3 is 14.8 Å². The van der Waals surface area contributed by atoms with E-state index in [0.29, 0.717) is 35.3 Å². The molecule has 0 amide bonds. The van der Waals surface area contributed by atoms with E-state index < -0.39 is 0 Å². The maximum atomic E-state index is 11.4. The van der Waals surface area contributed by atoms with Crippen molar-refractivity contribution in [2.45, 2.75) is 22.6 Å². The molecule has 7 nitrogen and oxygen atoms in total. The molecule has 178 valence electrons. The second kappa shape index (κ2) is 13.8. The van der Waals surface area contributed by atoms with Crippen molar-refractivity contribution in [1.82, 2.24) is 15.0 Å². The number of halogens is 2. The van der Waals surface area contributed by atoms with Crippen molar-refractivity contribution in [3.63, 3.8) is 0 Å². The molecule has 0 atom stereocenters. The molecular weight excluding hydrogens is 515 g/mol. The Morgan fingerprint density at radius 3 is 2.59 bits per heavy atom. The third kappa shape index (κ3) is 7.88. The number of rotatable bonds is 9. The Balaban J connectivity index is 0.00000204. The van der Waals surface area contributed by atoms with Crippen molar-refractivity contribution in [1.29, 1.82) is 0 Å². The van der Waals surface area contributed by atoms with Crippen molar-refractivity contribution < 1.29 is 14.3 Å². The number of nitrogens with one attached hydrogen (secondary N) is 1. The van der Waals surface area contributed by atoms with Gasteiger partial charge in [-0.25, -0.2) is 9.97 Å². The first-order valence-corrected chi connectivity index (χ1v) is 11.5. The van der Waals surface area contributed by atoms with Crippen LogP contribution in [0, 0.1) is 0 Å². The first-order valence-electron chi connectivity index (χ1n) is 9.78. The number of aromatic nitrogens is 3. The summed E-state index contributed by atoms with van der Waals surface area (Å²) in [5, 5.41) is 5.83. The highest BCUT2D eigenvalue weighted by Crippen LogP contribution is 2.36. The molecule has 4 rings (SSSR count). The number of benzene rings is 1. The second-order valence-corrected chi connectivity index (χ2v) is 8.57. The van der Waals surface area contributed by atoms with Crippen LogP contribution in [0.5, 0.6) is 11.5 Å². The molecule has 0 saturated heterocycles. The van der Waals surface area contributed by atoms with Crippen LogP contribution in [0.25, 0.3) is 0 Å². The van der Waals surface area contributed by atoms with Gasteiger partial charge in [-0.05, 0) is 24.3 Å². The molecule has 0 saturated carbocycles. The number of carbonyl (C=O) groups is 1. The van der Waals surface area contributed by atoms with Crippen LogP contribution in [0.1, 0.15) is 12.1 Å². The van der Waals surface area contributed by atoms with E-state index in [4.69, 9.17) is 4.74 Å². The van der Waals surface area contributed by atoms with E-state index in [-0.39, 0.29) is 30.8 Å². The fourth-order valence-electron chi connectivity index (χ4n) is 2.72. The molecule has 0 aliphatic carbocycles. The van der Waals surface area contributed by atoms with Gasteiger partial charge in [0.05, 0.1) is 19.2 Å². The van der Waals surface area contributed by atoms with Crippen LogP contribution < -0.4 is 10.1 Å². The zero-order chi connectivity index (χ0) is 22.2. The Hall–Kier alpha value is -2.85. The molecule has 0 radical (unpaired) electrons. The summed E-state index contributed by atoms with van der Waals surface area (Å²) in [4.78, 5) is 26.5. The molecule has 34 heavy (non-hydrogen) atoms. The number of thiazole rings is 1. The number of carbonyl (C=O) groups excluding carboxylic acids is 1. The summed E-state index contributed by atoms with van der Waals surface area (Å²) in [5.74, 6) is 1.60. The van der Waals surface area contributed by atoms with Crippen molar-refractivity contribution >= 4 is 64.8 Å². The van der Waals surface area contributed by atoms with Gasteiger partial charge in [-0.2, -0.15) is 0 Å². The van der Waals surface area contributed by atoms with E-state index in [1.54, 1.807) is 30.4 Å². The minimum Gasteiger partial charge on any atom is -0.469 e. The molecule has 3 heterocycles. The van der Waals surface area contributed by atoms with Crippen LogP contribution in [-0.4, -0.2) is 28.0 Å². The Morgan fingerprint density at radius 1 is 1.09 bits per heavy atom.